The van der Waals surface area contributed by atoms with Gasteiger partial charge in [0, 0.05) is 71.2 Å². The van der Waals surface area contributed by atoms with Crippen LogP contribution in [0.5, 0.6) is 0 Å². The molecule has 0 atom stereocenters. The molecule has 0 bridgehead atoms. The Bertz CT molecular complexity index is 520. The van der Waals surface area contributed by atoms with E-state index in [0.29, 0.717) is 12.1 Å². The van der Waals surface area contributed by atoms with Crippen molar-refractivity contribution in [2.24, 2.45) is 7.05 Å². The molecule has 1 aromatic heterocycles. The molecule has 0 aliphatic carbocycles. The molecule has 1 N–H and O–H groups in total. The first-order valence-electron chi connectivity index (χ1n) is 6.93. The summed E-state index contributed by atoms with van der Waals surface area (Å²) in [5, 5.41) is 3.30. The molecule has 1 amide bonds. The van der Waals surface area contributed by atoms with E-state index in [1.54, 1.807) is 31.3 Å². The van der Waals surface area contributed by atoms with Gasteiger partial charge in [-0.25, -0.2) is 0 Å². The van der Waals surface area contributed by atoms with Crippen LogP contribution in [0.1, 0.15) is 10.4 Å². The fraction of sp³-hybridized carbons (Fsp3) is 0.571. The predicted octanol–water partition coefficient (Wildman–Crippen LogP) is -0.637. The van der Waals surface area contributed by atoms with Crippen LogP contribution in [0.25, 0.3) is 0 Å². The summed E-state index contributed by atoms with van der Waals surface area (Å²) in [4.78, 5) is 27.8. The molecule has 6 heteroatoms. The summed E-state index contributed by atoms with van der Waals surface area (Å²) in [6, 6.07) is 3.08. The summed E-state index contributed by atoms with van der Waals surface area (Å²) in [5.41, 5.74) is 0.294. The van der Waals surface area contributed by atoms with E-state index >= 15 is 0 Å². The first-order chi connectivity index (χ1) is 9.58. The first kappa shape index (κ1) is 14.7. The van der Waals surface area contributed by atoms with Crippen molar-refractivity contribution >= 4 is 5.91 Å². The molecule has 0 saturated carbocycles. The van der Waals surface area contributed by atoms with Gasteiger partial charge in [-0.05, 0) is 6.07 Å². The number of rotatable bonds is 4. The number of carbonyl (C=O) groups excluding carboxylic acids is 1. The quantitative estimate of drug-likeness (QED) is 0.796. The van der Waals surface area contributed by atoms with Crippen LogP contribution in [0.2, 0.25) is 0 Å². The monoisotopic (exact) mass is 278 g/mol. The minimum Gasteiger partial charge on any atom is -0.340 e. The average Bonchev–Trinajstić information content (AvgIpc) is 2.48. The zero-order valence-corrected chi connectivity index (χ0v) is 12.1. The highest BCUT2D eigenvalue weighted by atomic mass is 16.2. The van der Waals surface area contributed by atoms with Crippen molar-refractivity contribution in [1.82, 2.24) is 19.7 Å². The van der Waals surface area contributed by atoms with Crippen molar-refractivity contribution < 1.29 is 4.79 Å². The normalized spacial score (nSPS) is 16.1. The summed E-state index contributed by atoms with van der Waals surface area (Å²) in [7, 11) is 3.45. The maximum atomic E-state index is 12.2. The Hall–Kier alpha value is -1.66. The Morgan fingerprint density at radius 3 is 2.75 bits per heavy atom. The summed E-state index contributed by atoms with van der Waals surface area (Å²) in [5.74, 6) is -0.0992. The number of amides is 1. The minimum absolute atomic E-state index is 0.0992. The Kier molecular flexibility index (Phi) is 4.92. The van der Waals surface area contributed by atoms with Crippen molar-refractivity contribution in [2.75, 3.05) is 46.3 Å². The molecule has 0 unspecified atom stereocenters. The number of carbonyl (C=O) groups is 1. The summed E-state index contributed by atoms with van der Waals surface area (Å²) >= 11 is 0. The highest BCUT2D eigenvalue weighted by Gasteiger charge is 2.15. The minimum atomic E-state index is -0.161. The van der Waals surface area contributed by atoms with Gasteiger partial charge in [0.25, 0.3) is 11.5 Å². The fourth-order valence-corrected chi connectivity index (χ4v) is 2.23. The van der Waals surface area contributed by atoms with E-state index < -0.39 is 0 Å². The average molecular weight is 278 g/mol. The fourth-order valence-electron chi connectivity index (χ4n) is 2.23. The van der Waals surface area contributed by atoms with E-state index in [1.807, 2.05) is 0 Å². The molecular weight excluding hydrogens is 256 g/mol. The van der Waals surface area contributed by atoms with E-state index in [9.17, 15) is 9.59 Å². The second-order valence-corrected chi connectivity index (χ2v) is 5.18. The van der Waals surface area contributed by atoms with Crippen molar-refractivity contribution in [3.8, 4) is 0 Å². The van der Waals surface area contributed by atoms with Gasteiger partial charge < -0.3 is 14.8 Å². The number of hydrogen-bond donors (Lipinski definition) is 1. The zero-order chi connectivity index (χ0) is 14.5. The number of aromatic nitrogens is 1. The molecule has 110 valence electrons. The van der Waals surface area contributed by atoms with Crippen molar-refractivity contribution in [3.63, 3.8) is 0 Å². The number of nitrogens with zero attached hydrogens (tertiary/aromatic N) is 3. The molecule has 1 aromatic rings. The van der Waals surface area contributed by atoms with Gasteiger partial charge >= 0.3 is 0 Å². The number of piperazine rings is 1. The Labute approximate surface area is 119 Å². The van der Waals surface area contributed by atoms with Crippen LogP contribution in [0.3, 0.4) is 0 Å². The largest absolute Gasteiger partial charge is 0.340 e. The summed E-state index contributed by atoms with van der Waals surface area (Å²) < 4.78 is 1.46. The van der Waals surface area contributed by atoms with E-state index in [-0.39, 0.29) is 11.5 Å². The molecule has 1 aliphatic rings. The molecule has 6 nitrogen and oxygen atoms in total. The van der Waals surface area contributed by atoms with E-state index in [4.69, 9.17) is 0 Å². The topological polar surface area (TPSA) is 57.6 Å². The highest BCUT2D eigenvalue weighted by molar-refractivity contribution is 5.93. The van der Waals surface area contributed by atoms with Crippen LogP contribution in [-0.4, -0.2) is 66.6 Å². The lowest BCUT2D eigenvalue weighted by molar-refractivity contribution is 0.0774. The molecule has 0 aromatic carbocycles. The molecule has 1 saturated heterocycles. The Morgan fingerprint density at radius 2 is 2.10 bits per heavy atom. The van der Waals surface area contributed by atoms with Gasteiger partial charge in [0.15, 0.2) is 0 Å². The van der Waals surface area contributed by atoms with Gasteiger partial charge in [0.2, 0.25) is 0 Å². The third-order valence-corrected chi connectivity index (χ3v) is 3.66. The second kappa shape index (κ2) is 6.67. The van der Waals surface area contributed by atoms with E-state index in [0.717, 1.165) is 32.7 Å². The number of pyridine rings is 1. The number of nitrogens with one attached hydrogen (secondary N) is 1. The van der Waals surface area contributed by atoms with Crippen LogP contribution in [0, 0.1) is 0 Å². The smallest absolute Gasteiger partial charge is 0.253 e. The van der Waals surface area contributed by atoms with Gasteiger partial charge in [-0.2, -0.15) is 0 Å². The number of likely N-dealkylation sites (N-methyl/N-ethyl adjacent to an activating group) is 1. The third kappa shape index (κ3) is 3.68. The van der Waals surface area contributed by atoms with Gasteiger partial charge in [-0.1, -0.05) is 0 Å². The van der Waals surface area contributed by atoms with Crippen molar-refractivity contribution in [3.05, 3.63) is 34.2 Å². The Balaban J connectivity index is 1.90. The second-order valence-electron chi connectivity index (χ2n) is 5.18. The lowest BCUT2D eigenvalue weighted by Crippen LogP contribution is -2.46. The molecule has 2 heterocycles. The highest BCUT2D eigenvalue weighted by Crippen LogP contribution is 2.01. The van der Waals surface area contributed by atoms with Crippen LogP contribution in [0.4, 0.5) is 0 Å². The summed E-state index contributed by atoms with van der Waals surface area (Å²) in [6.07, 6.45) is 1.62. The number of aryl methyl sites for hydroxylation is 1. The van der Waals surface area contributed by atoms with Crippen LogP contribution in [-0.2, 0) is 7.05 Å². The van der Waals surface area contributed by atoms with E-state index in [1.165, 1.54) is 10.6 Å². The molecule has 2 rings (SSSR count). The molecule has 20 heavy (non-hydrogen) atoms. The van der Waals surface area contributed by atoms with E-state index in [2.05, 4.69) is 10.2 Å². The van der Waals surface area contributed by atoms with Gasteiger partial charge in [-0.15, -0.1) is 0 Å². The maximum Gasteiger partial charge on any atom is 0.253 e. The van der Waals surface area contributed by atoms with Gasteiger partial charge in [-0.3, -0.25) is 14.5 Å². The van der Waals surface area contributed by atoms with Crippen LogP contribution >= 0.6 is 0 Å². The SMILES string of the molecule is CN(CCN1CCNCC1)C(=O)c1ccn(C)c(=O)c1. The predicted molar refractivity (Wildman–Crippen MR) is 78.0 cm³/mol. The summed E-state index contributed by atoms with van der Waals surface area (Å²) in [6.45, 7) is 5.60. The first-order valence-corrected chi connectivity index (χ1v) is 6.93. The zero-order valence-electron chi connectivity index (χ0n) is 12.1. The Morgan fingerprint density at radius 1 is 1.40 bits per heavy atom. The van der Waals surface area contributed by atoms with Crippen LogP contribution < -0.4 is 10.9 Å². The molecule has 0 radical (unpaired) electrons. The molecule has 1 aliphatic heterocycles. The van der Waals surface area contributed by atoms with Crippen LogP contribution in [0.15, 0.2) is 23.1 Å². The molecule has 1 fully saturated rings. The molecular formula is C14H22N4O2. The van der Waals surface area contributed by atoms with Gasteiger partial charge in [0.05, 0.1) is 0 Å². The lowest BCUT2D eigenvalue weighted by Gasteiger charge is -2.29. The van der Waals surface area contributed by atoms with Crippen molar-refractivity contribution in [1.29, 1.82) is 0 Å². The number of hydrogen-bond acceptors (Lipinski definition) is 4. The molecule has 0 spiro atoms. The third-order valence-electron chi connectivity index (χ3n) is 3.66. The maximum absolute atomic E-state index is 12.2. The van der Waals surface area contributed by atoms with Gasteiger partial charge in [0.1, 0.15) is 0 Å². The van der Waals surface area contributed by atoms with Crippen molar-refractivity contribution in [2.45, 2.75) is 0 Å². The standard InChI is InChI=1S/C14H22N4O2/c1-16-6-3-12(11-13(16)19)14(20)17(2)9-10-18-7-4-15-5-8-18/h3,6,11,15H,4-5,7-10H2,1-2H3. The lowest BCUT2D eigenvalue weighted by atomic mass is 10.2.